The van der Waals surface area contributed by atoms with Gasteiger partial charge in [-0.1, -0.05) is 13.8 Å². The van der Waals surface area contributed by atoms with Crippen LogP contribution in [0.4, 0.5) is 0 Å². The average Bonchev–Trinajstić information content (AvgIpc) is 2.44. The number of pyridine rings is 1. The zero-order valence-corrected chi connectivity index (χ0v) is 12.6. The van der Waals surface area contributed by atoms with Gasteiger partial charge in [0.2, 0.25) is 0 Å². The van der Waals surface area contributed by atoms with Crippen LogP contribution < -0.4 is 0 Å². The topological polar surface area (TPSA) is 42.4 Å². The van der Waals surface area contributed by atoms with E-state index >= 15 is 0 Å². The molecule has 1 aromatic rings. The van der Waals surface area contributed by atoms with Crippen LogP contribution in [-0.2, 0) is 4.74 Å². The first-order chi connectivity index (χ1) is 9.09. The Morgan fingerprint density at radius 3 is 2.68 bits per heavy atom. The summed E-state index contributed by atoms with van der Waals surface area (Å²) < 4.78 is 5.33. The lowest BCUT2D eigenvalue weighted by Gasteiger charge is -2.33. The van der Waals surface area contributed by atoms with Gasteiger partial charge < -0.3 is 9.64 Å². The molecule has 0 saturated carbocycles. The fourth-order valence-corrected chi connectivity index (χ4v) is 1.95. The molecule has 0 aliphatic carbocycles. The number of carbonyl (C=O) groups excluding carboxylic acids is 1. The smallest absolute Gasteiger partial charge is 0.255 e. The lowest BCUT2D eigenvalue weighted by Crippen LogP contribution is -2.47. The molecule has 1 saturated heterocycles. The molecule has 0 N–H and O–H groups in total. The second kappa shape index (κ2) is 7.24. The molecule has 0 radical (unpaired) electrons. The Labute approximate surface area is 115 Å². The number of hydrogen-bond donors (Lipinski definition) is 0. The van der Waals surface area contributed by atoms with Gasteiger partial charge in [-0.2, -0.15) is 0 Å². The molecule has 19 heavy (non-hydrogen) atoms. The van der Waals surface area contributed by atoms with Gasteiger partial charge in [0.05, 0.1) is 24.8 Å². The molecule has 1 amide bonds. The third-order valence-corrected chi connectivity index (χ3v) is 3.22. The summed E-state index contributed by atoms with van der Waals surface area (Å²) in [5.41, 5.74) is 2.69. The summed E-state index contributed by atoms with van der Waals surface area (Å²) in [6.45, 7) is 11.8. The lowest BCUT2D eigenvalue weighted by atomic mass is 10.1. The van der Waals surface area contributed by atoms with Crippen molar-refractivity contribution in [3.63, 3.8) is 0 Å². The number of ether oxygens (including phenoxy) is 1. The summed E-state index contributed by atoms with van der Waals surface area (Å²) in [5, 5.41) is 0. The minimum Gasteiger partial charge on any atom is -0.377 e. The Kier molecular flexibility index (Phi) is 5.96. The van der Waals surface area contributed by atoms with Crippen molar-refractivity contribution in [2.75, 3.05) is 19.8 Å². The van der Waals surface area contributed by atoms with Crippen molar-refractivity contribution >= 4 is 5.91 Å². The number of aryl methyl sites for hydroxylation is 2. The van der Waals surface area contributed by atoms with E-state index in [2.05, 4.69) is 4.98 Å². The number of hydrogen-bond acceptors (Lipinski definition) is 3. The number of aromatic nitrogens is 1. The molecule has 0 spiro atoms. The zero-order valence-electron chi connectivity index (χ0n) is 12.6. The second-order valence-electron chi connectivity index (χ2n) is 4.55. The predicted molar refractivity (Wildman–Crippen MR) is 76.4 cm³/mol. The van der Waals surface area contributed by atoms with Gasteiger partial charge in [-0.25, -0.2) is 0 Å². The minimum atomic E-state index is 0.0522. The summed E-state index contributed by atoms with van der Waals surface area (Å²) in [6, 6.07) is 2.05. The van der Waals surface area contributed by atoms with E-state index in [-0.39, 0.29) is 11.9 Å². The molecule has 1 unspecified atom stereocenters. The van der Waals surface area contributed by atoms with E-state index in [0.29, 0.717) is 25.3 Å². The van der Waals surface area contributed by atoms with Crippen LogP contribution in [0.3, 0.4) is 0 Å². The van der Waals surface area contributed by atoms with Crippen LogP contribution in [-0.4, -0.2) is 41.6 Å². The highest BCUT2D eigenvalue weighted by molar-refractivity contribution is 5.94. The zero-order chi connectivity index (χ0) is 14.4. The monoisotopic (exact) mass is 264 g/mol. The van der Waals surface area contributed by atoms with E-state index in [0.717, 1.165) is 11.3 Å². The highest BCUT2D eigenvalue weighted by atomic mass is 16.5. The molecule has 4 heteroatoms. The first kappa shape index (κ1) is 15.6. The number of carbonyl (C=O) groups is 1. The molecular weight excluding hydrogens is 240 g/mol. The van der Waals surface area contributed by atoms with Crippen molar-refractivity contribution in [3.8, 4) is 0 Å². The van der Waals surface area contributed by atoms with Crippen LogP contribution in [0.2, 0.25) is 0 Å². The summed E-state index contributed by atoms with van der Waals surface area (Å²) in [7, 11) is 0. The average molecular weight is 264 g/mol. The van der Waals surface area contributed by atoms with Gasteiger partial charge in [0.15, 0.2) is 0 Å². The van der Waals surface area contributed by atoms with E-state index in [1.54, 1.807) is 6.20 Å². The third-order valence-electron chi connectivity index (χ3n) is 3.22. The first-order valence-electron chi connectivity index (χ1n) is 6.91. The summed E-state index contributed by atoms with van der Waals surface area (Å²) in [4.78, 5) is 18.4. The van der Waals surface area contributed by atoms with Gasteiger partial charge in [-0.05, 0) is 32.4 Å². The van der Waals surface area contributed by atoms with Crippen LogP contribution in [0.1, 0.15) is 42.4 Å². The lowest BCUT2D eigenvalue weighted by molar-refractivity contribution is 0.00356. The Morgan fingerprint density at radius 1 is 1.42 bits per heavy atom. The molecule has 1 atom stereocenters. The molecule has 0 bridgehead atoms. The Balaban J connectivity index is 0.000000861. The van der Waals surface area contributed by atoms with Crippen LogP contribution in [0.15, 0.2) is 12.3 Å². The van der Waals surface area contributed by atoms with Crippen molar-refractivity contribution in [3.05, 3.63) is 29.1 Å². The molecule has 2 heterocycles. The summed E-state index contributed by atoms with van der Waals surface area (Å²) in [5.74, 6) is 0.0522. The van der Waals surface area contributed by atoms with E-state index in [9.17, 15) is 4.79 Å². The second-order valence-corrected chi connectivity index (χ2v) is 4.55. The summed E-state index contributed by atoms with van der Waals surface area (Å²) >= 11 is 0. The van der Waals surface area contributed by atoms with E-state index in [1.807, 2.05) is 45.6 Å². The van der Waals surface area contributed by atoms with Crippen molar-refractivity contribution in [1.29, 1.82) is 0 Å². The normalized spacial score (nSPS) is 18.6. The number of rotatable bonds is 1. The highest BCUT2D eigenvalue weighted by Gasteiger charge is 2.24. The molecule has 4 nitrogen and oxygen atoms in total. The van der Waals surface area contributed by atoms with Crippen molar-refractivity contribution in [1.82, 2.24) is 9.88 Å². The Morgan fingerprint density at radius 2 is 2.11 bits per heavy atom. The SMILES string of the molecule is CC.Cc1cc(C(=O)N2CCOCC2C)cnc1C. The molecule has 1 aromatic heterocycles. The predicted octanol–water partition coefficient (Wildman–Crippen LogP) is 2.59. The van der Waals surface area contributed by atoms with E-state index in [1.165, 1.54) is 0 Å². The Bertz CT molecular complexity index is 432. The fourth-order valence-electron chi connectivity index (χ4n) is 1.95. The van der Waals surface area contributed by atoms with Crippen LogP contribution >= 0.6 is 0 Å². The third kappa shape index (κ3) is 3.77. The van der Waals surface area contributed by atoms with Crippen LogP contribution in [0, 0.1) is 13.8 Å². The molecule has 0 aromatic carbocycles. The van der Waals surface area contributed by atoms with Crippen molar-refractivity contribution in [2.24, 2.45) is 0 Å². The van der Waals surface area contributed by atoms with Crippen LogP contribution in [0.25, 0.3) is 0 Å². The summed E-state index contributed by atoms with van der Waals surface area (Å²) in [6.07, 6.45) is 1.66. The molecule has 1 aliphatic heterocycles. The van der Waals surface area contributed by atoms with E-state index < -0.39 is 0 Å². The van der Waals surface area contributed by atoms with Gasteiger partial charge in [0.25, 0.3) is 5.91 Å². The van der Waals surface area contributed by atoms with Crippen LogP contribution in [0.5, 0.6) is 0 Å². The number of morpholine rings is 1. The van der Waals surface area contributed by atoms with Gasteiger partial charge in [0.1, 0.15) is 0 Å². The van der Waals surface area contributed by atoms with Gasteiger partial charge in [0, 0.05) is 18.4 Å². The van der Waals surface area contributed by atoms with Crippen molar-refractivity contribution < 1.29 is 9.53 Å². The van der Waals surface area contributed by atoms with Gasteiger partial charge >= 0.3 is 0 Å². The van der Waals surface area contributed by atoms with Crippen molar-refractivity contribution in [2.45, 2.75) is 40.7 Å². The molecule has 1 aliphatic rings. The molecule has 106 valence electrons. The molecular formula is C15H24N2O2. The standard InChI is InChI=1S/C13H18N2O2.C2H6/c1-9-6-12(7-14-11(9)3)13(16)15-4-5-17-8-10(15)2;1-2/h6-7,10H,4-5,8H2,1-3H3;1-2H3. The fraction of sp³-hybridized carbons (Fsp3) is 0.600. The maximum Gasteiger partial charge on any atom is 0.255 e. The highest BCUT2D eigenvalue weighted by Crippen LogP contribution is 2.13. The first-order valence-corrected chi connectivity index (χ1v) is 6.91. The maximum absolute atomic E-state index is 12.3. The maximum atomic E-state index is 12.3. The quantitative estimate of drug-likeness (QED) is 0.783. The molecule has 2 rings (SSSR count). The number of nitrogens with zero attached hydrogens (tertiary/aromatic N) is 2. The Hall–Kier alpha value is -1.42. The van der Waals surface area contributed by atoms with Gasteiger partial charge in [-0.3, -0.25) is 9.78 Å². The largest absolute Gasteiger partial charge is 0.377 e. The van der Waals surface area contributed by atoms with E-state index in [4.69, 9.17) is 4.74 Å². The number of amides is 1. The molecule has 1 fully saturated rings. The minimum absolute atomic E-state index is 0.0522. The van der Waals surface area contributed by atoms with Gasteiger partial charge in [-0.15, -0.1) is 0 Å².